The predicted octanol–water partition coefficient (Wildman–Crippen LogP) is 3.85. The summed E-state index contributed by atoms with van der Waals surface area (Å²) in [6.45, 7) is -0.616. The molecule has 0 atom stereocenters. The Morgan fingerprint density at radius 3 is 2.27 bits per heavy atom. The highest BCUT2D eigenvalue weighted by atomic mass is 32.1. The second kappa shape index (κ2) is 10.4. The first-order chi connectivity index (χ1) is 15.8. The van der Waals surface area contributed by atoms with Crippen LogP contribution < -0.4 is 19.5 Å². The molecule has 0 aliphatic carbocycles. The zero-order chi connectivity index (χ0) is 24.1. The van der Waals surface area contributed by atoms with Crippen LogP contribution in [0, 0.1) is 17.5 Å². The van der Waals surface area contributed by atoms with Crippen molar-refractivity contribution in [2.45, 2.75) is 12.8 Å². The van der Waals surface area contributed by atoms with E-state index in [2.05, 4.69) is 10.3 Å². The van der Waals surface area contributed by atoms with Crippen LogP contribution in [0.25, 0.3) is 10.2 Å². The largest absolute Gasteiger partial charge is 0.493 e. The molecule has 1 amide bonds. The Kier molecular flexibility index (Phi) is 7.59. The van der Waals surface area contributed by atoms with Crippen molar-refractivity contribution in [3.8, 4) is 17.2 Å². The molecule has 0 unspecified atom stereocenters. The highest BCUT2D eigenvalue weighted by molar-refractivity contribution is 7.22. The molecule has 1 N–H and O–H groups in total. The number of halogens is 3. The van der Waals surface area contributed by atoms with Gasteiger partial charge in [0.1, 0.15) is 5.52 Å². The first-order valence-electron chi connectivity index (χ1n) is 9.45. The molecule has 0 aliphatic rings. The number of methoxy groups -OCH3 is 3. The molecule has 0 aliphatic heterocycles. The summed E-state index contributed by atoms with van der Waals surface area (Å²) >= 11 is 0.750. The molecule has 0 fully saturated rings. The Labute approximate surface area is 190 Å². The van der Waals surface area contributed by atoms with Crippen LogP contribution in [0.4, 0.5) is 18.3 Å². The molecule has 1 aromatic heterocycles. The van der Waals surface area contributed by atoms with Gasteiger partial charge in [-0.15, -0.1) is 0 Å². The third-order valence-corrected chi connectivity index (χ3v) is 5.39. The normalized spacial score (nSPS) is 10.7. The summed E-state index contributed by atoms with van der Waals surface area (Å²) in [4.78, 5) is 27.8. The van der Waals surface area contributed by atoms with E-state index in [-0.39, 0.29) is 22.7 Å². The van der Waals surface area contributed by atoms with E-state index >= 15 is 0 Å². The number of ether oxygens (including phenoxy) is 4. The Hall–Kier alpha value is -3.54. The number of aryl methyl sites for hydroxylation is 1. The van der Waals surface area contributed by atoms with E-state index in [4.69, 9.17) is 18.9 Å². The van der Waals surface area contributed by atoms with Crippen LogP contribution >= 0.6 is 11.3 Å². The average molecular weight is 484 g/mol. The van der Waals surface area contributed by atoms with Gasteiger partial charge in [0.2, 0.25) is 5.75 Å². The van der Waals surface area contributed by atoms with Gasteiger partial charge in [0.05, 0.1) is 26.0 Å². The molecule has 0 saturated heterocycles. The van der Waals surface area contributed by atoms with Gasteiger partial charge < -0.3 is 18.9 Å². The number of carbonyl (C=O) groups excluding carboxylic acids is 2. The lowest BCUT2D eigenvalue weighted by Gasteiger charge is -2.14. The summed E-state index contributed by atoms with van der Waals surface area (Å²) in [5.74, 6) is -4.54. The van der Waals surface area contributed by atoms with Crippen LogP contribution in [0.1, 0.15) is 12.0 Å². The zero-order valence-corrected chi connectivity index (χ0v) is 18.6. The second-order valence-electron chi connectivity index (χ2n) is 6.59. The highest BCUT2D eigenvalue weighted by Crippen LogP contribution is 2.38. The number of fused-ring (bicyclic) bond motifs is 1. The Morgan fingerprint density at radius 1 is 1.00 bits per heavy atom. The van der Waals surface area contributed by atoms with Gasteiger partial charge in [-0.25, -0.2) is 18.2 Å². The molecule has 2 aromatic carbocycles. The smallest absolute Gasteiger partial charge is 0.306 e. The maximum atomic E-state index is 13.8. The number of nitrogens with one attached hydrogen (secondary N) is 1. The van der Waals surface area contributed by atoms with Crippen molar-refractivity contribution < 1.29 is 41.7 Å². The molecule has 176 valence electrons. The second-order valence-corrected chi connectivity index (χ2v) is 7.63. The van der Waals surface area contributed by atoms with E-state index in [0.29, 0.717) is 17.2 Å². The van der Waals surface area contributed by atoms with Crippen LogP contribution in [0.3, 0.4) is 0 Å². The Bertz CT molecular complexity index is 1180. The van der Waals surface area contributed by atoms with Gasteiger partial charge in [-0.2, -0.15) is 0 Å². The van der Waals surface area contributed by atoms with Crippen LogP contribution in [-0.4, -0.2) is 44.8 Å². The van der Waals surface area contributed by atoms with E-state index in [9.17, 15) is 22.8 Å². The average Bonchev–Trinajstić information content (AvgIpc) is 3.21. The summed E-state index contributed by atoms with van der Waals surface area (Å²) in [6, 6.07) is 4.17. The maximum absolute atomic E-state index is 13.8. The van der Waals surface area contributed by atoms with E-state index in [0.717, 1.165) is 23.0 Å². The fourth-order valence-corrected chi connectivity index (χ4v) is 3.83. The molecular formula is C21H19F3N2O6S. The molecule has 3 rings (SSSR count). The number of carbonyl (C=O) groups is 2. The van der Waals surface area contributed by atoms with Gasteiger partial charge in [0, 0.05) is 6.42 Å². The number of aromatic nitrogens is 1. The molecule has 3 aromatic rings. The Morgan fingerprint density at radius 2 is 1.67 bits per heavy atom. The van der Waals surface area contributed by atoms with Crippen molar-refractivity contribution in [1.29, 1.82) is 0 Å². The van der Waals surface area contributed by atoms with Gasteiger partial charge in [0.15, 0.2) is 40.7 Å². The SMILES string of the molecule is COc1cc(CCC(=O)OCC(=O)Nc2nc3c(F)c(F)c(F)cc3s2)cc(OC)c1OC. The molecular weight excluding hydrogens is 465 g/mol. The number of rotatable bonds is 9. The molecule has 33 heavy (non-hydrogen) atoms. The van der Waals surface area contributed by atoms with Crippen LogP contribution in [0.5, 0.6) is 17.2 Å². The lowest BCUT2D eigenvalue weighted by atomic mass is 10.1. The van der Waals surface area contributed by atoms with Gasteiger partial charge in [0.25, 0.3) is 5.91 Å². The quantitative estimate of drug-likeness (QED) is 0.364. The van der Waals surface area contributed by atoms with Crippen LogP contribution in [0.15, 0.2) is 18.2 Å². The molecule has 0 saturated carbocycles. The third-order valence-electron chi connectivity index (χ3n) is 4.47. The topological polar surface area (TPSA) is 96.0 Å². The number of anilines is 1. The van der Waals surface area contributed by atoms with E-state index in [1.807, 2.05) is 0 Å². The lowest BCUT2D eigenvalue weighted by Crippen LogP contribution is -2.21. The number of hydrogen-bond donors (Lipinski definition) is 1. The minimum atomic E-state index is -1.65. The first kappa shape index (κ1) is 24.1. The Balaban J connectivity index is 1.54. The minimum absolute atomic E-state index is 0.0176. The molecule has 0 spiro atoms. The predicted molar refractivity (Wildman–Crippen MR) is 114 cm³/mol. The van der Waals surface area contributed by atoms with Gasteiger partial charge in [-0.1, -0.05) is 11.3 Å². The summed E-state index contributed by atoms with van der Waals surface area (Å²) < 4.78 is 61.1. The number of thiazole rings is 1. The minimum Gasteiger partial charge on any atom is -0.493 e. The number of esters is 1. The number of benzene rings is 2. The van der Waals surface area contributed by atoms with Crippen molar-refractivity contribution in [3.63, 3.8) is 0 Å². The van der Waals surface area contributed by atoms with Gasteiger partial charge in [-0.05, 0) is 30.2 Å². The van der Waals surface area contributed by atoms with Crippen molar-refractivity contribution in [2.24, 2.45) is 0 Å². The molecule has 12 heteroatoms. The van der Waals surface area contributed by atoms with E-state index < -0.39 is 41.5 Å². The number of hydrogen-bond acceptors (Lipinski definition) is 8. The standard InChI is InChI=1S/C21H19F3N2O6S/c1-29-12-6-10(7-13(30-2)20(12)31-3)4-5-16(28)32-9-15(27)25-21-26-19-14(33-21)8-11(22)17(23)18(19)24/h6-8H,4-5,9H2,1-3H3,(H,25,26,27). The highest BCUT2D eigenvalue weighted by Gasteiger charge is 2.19. The summed E-state index contributed by atoms with van der Waals surface area (Å²) in [5.41, 5.74) is 0.318. The molecule has 8 nitrogen and oxygen atoms in total. The van der Waals surface area contributed by atoms with Crippen molar-refractivity contribution in [1.82, 2.24) is 4.98 Å². The van der Waals surface area contributed by atoms with E-state index in [1.165, 1.54) is 21.3 Å². The number of amides is 1. The van der Waals surface area contributed by atoms with Crippen molar-refractivity contribution in [3.05, 3.63) is 41.2 Å². The molecule has 0 bridgehead atoms. The first-order valence-corrected chi connectivity index (χ1v) is 10.3. The van der Waals surface area contributed by atoms with Gasteiger partial charge >= 0.3 is 5.97 Å². The lowest BCUT2D eigenvalue weighted by molar-refractivity contribution is -0.147. The summed E-state index contributed by atoms with van der Waals surface area (Å²) in [7, 11) is 4.42. The van der Waals surface area contributed by atoms with Crippen molar-refractivity contribution >= 4 is 38.6 Å². The van der Waals surface area contributed by atoms with Crippen LogP contribution in [0.2, 0.25) is 0 Å². The molecule has 0 radical (unpaired) electrons. The van der Waals surface area contributed by atoms with Crippen molar-refractivity contribution in [2.75, 3.05) is 33.3 Å². The molecule has 1 heterocycles. The monoisotopic (exact) mass is 484 g/mol. The fraction of sp³-hybridized carbons (Fsp3) is 0.286. The third kappa shape index (κ3) is 5.45. The maximum Gasteiger partial charge on any atom is 0.306 e. The summed E-state index contributed by atoms with van der Waals surface area (Å²) in [5, 5.41) is 2.21. The fourth-order valence-electron chi connectivity index (χ4n) is 2.93. The van der Waals surface area contributed by atoms with Gasteiger partial charge in [-0.3, -0.25) is 14.9 Å². The van der Waals surface area contributed by atoms with Crippen LogP contribution in [-0.2, 0) is 20.7 Å². The number of nitrogens with zero attached hydrogens (tertiary/aromatic N) is 1. The zero-order valence-electron chi connectivity index (χ0n) is 17.8. The van der Waals surface area contributed by atoms with E-state index in [1.54, 1.807) is 12.1 Å². The summed E-state index contributed by atoms with van der Waals surface area (Å²) in [6.07, 6.45) is 0.252.